The van der Waals surface area contributed by atoms with Crippen LogP contribution in [0, 0.1) is 29.1 Å². The van der Waals surface area contributed by atoms with Crippen molar-refractivity contribution in [2.75, 3.05) is 11.9 Å². The van der Waals surface area contributed by atoms with Gasteiger partial charge in [-0.2, -0.15) is 10.4 Å². The second kappa shape index (κ2) is 13.8. The zero-order valence-electron chi connectivity index (χ0n) is 25.2. The Bertz CT molecular complexity index is 1350. The van der Waals surface area contributed by atoms with Crippen LogP contribution in [0.5, 0.6) is 0 Å². The normalized spacial score (nSPS) is 24.8. The third-order valence-electron chi connectivity index (χ3n) is 8.61. The number of aliphatic hydroxyl groups excluding tert-OH is 1. The van der Waals surface area contributed by atoms with Crippen LogP contribution in [0.3, 0.4) is 0 Å². The number of carbonyl (C=O) groups excluding carboxylic acids is 3. The highest BCUT2D eigenvalue weighted by Gasteiger charge is 2.60. The van der Waals surface area contributed by atoms with Crippen LogP contribution < -0.4 is 11.1 Å². The first-order chi connectivity index (χ1) is 20.6. The number of esters is 2. The lowest BCUT2D eigenvalue weighted by Gasteiger charge is -2.25. The highest BCUT2D eigenvalue weighted by Crippen LogP contribution is 2.42. The number of nitriles is 1. The van der Waals surface area contributed by atoms with Crippen LogP contribution in [0.2, 0.25) is 0 Å². The molecule has 1 aliphatic carbocycles. The van der Waals surface area contributed by atoms with Crippen molar-refractivity contribution in [2.24, 2.45) is 23.5 Å². The van der Waals surface area contributed by atoms with E-state index >= 15 is 0 Å². The molecule has 2 aliphatic rings. The molecule has 13 nitrogen and oxygen atoms in total. The van der Waals surface area contributed by atoms with Crippen LogP contribution in [0.15, 0.2) is 18.5 Å². The lowest BCUT2D eigenvalue weighted by Crippen LogP contribution is -2.46. The highest BCUT2D eigenvalue weighted by atomic mass is 16.6. The average molecular weight is 599 g/mol. The standard InChI is InChI=1S/C30H42N6O7/c1-5-19(6-2)28(39)35-27-20-11-12-22(36(20)34-16-33-27)30(15-31)26(38)25(42-29(40)24(32)17(3)4)21(43-30)14-41-23(37)13-18-9-7-8-10-18/h11-12,16-19,21,24-26,38H,5-10,13-14,32H2,1-4H3,(H,33,34,35,39)/t21-,24+,25-,26-,30+/m1/s1. The smallest absolute Gasteiger partial charge is 0.323 e. The average Bonchev–Trinajstić information content (AvgIpc) is 3.72. The highest BCUT2D eigenvalue weighted by molar-refractivity contribution is 5.95. The van der Waals surface area contributed by atoms with Crippen molar-refractivity contribution in [1.29, 1.82) is 5.26 Å². The molecule has 0 aromatic carbocycles. The van der Waals surface area contributed by atoms with Crippen molar-refractivity contribution in [3.8, 4) is 6.07 Å². The van der Waals surface area contributed by atoms with E-state index in [1.807, 2.05) is 19.9 Å². The number of nitrogens with zero attached hydrogens (tertiary/aromatic N) is 4. The number of ether oxygens (including phenoxy) is 3. The minimum atomic E-state index is -2.08. The molecule has 13 heteroatoms. The van der Waals surface area contributed by atoms with Gasteiger partial charge in [-0.05, 0) is 49.7 Å². The summed E-state index contributed by atoms with van der Waals surface area (Å²) >= 11 is 0. The van der Waals surface area contributed by atoms with Gasteiger partial charge in [0.25, 0.3) is 0 Å². The van der Waals surface area contributed by atoms with Gasteiger partial charge < -0.3 is 30.4 Å². The van der Waals surface area contributed by atoms with Crippen LogP contribution in [0.1, 0.15) is 78.3 Å². The van der Waals surface area contributed by atoms with Crippen LogP contribution in [0.4, 0.5) is 5.82 Å². The maximum absolute atomic E-state index is 12.9. The number of fused-ring (bicyclic) bond motifs is 1. The summed E-state index contributed by atoms with van der Waals surface area (Å²) in [5.41, 5.74) is 4.41. The topological polar surface area (TPSA) is 191 Å². The van der Waals surface area contributed by atoms with Gasteiger partial charge in [0.15, 0.2) is 11.9 Å². The van der Waals surface area contributed by atoms with E-state index in [9.17, 15) is 24.8 Å². The van der Waals surface area contributed by atoms with E-state index < -0.39 is 41.9 Å². The number of anilines is 1. The number of hydrogen-bond donors (Lipinski definition) is 3. The predicted molar refractivity (Wildman–Crippen MR) is 154 cm³/mol. The summed E-state index contributed by atoms with van der Waals surface area (Å²) < 4.78 is 18.7. The molecule has 4 N–H and O–H groups in total. The number of hydrogen-bond acceptors (Lipinski definition) is 11. The Morgan fingerprint density at radius 2 is 1.95 bits per heavy atom. The Morgan fingerprint density at radius 1 is 1.26 bits per heavy atom. The lowest BCUT2D eigenvalue weighted by molar-refractivity contribution is -0.162. The van der Waals surface area contributed by atoms with Gasteiger partial charge in [-0.3, -0.25) is 14.4 Å². The Labute approximate surface area is 251 Å². The zero-order valence-corrected chi connectivity index (χ0v) is 25.2. The maximum atomic E-state index is 12.9. The van der Waals surface area contributed by atoms with Gasteiger partial charge in [-0.25, -0.2) is 9.50 Å². The van der Waals surface area contributed by atoms with Crippen LogP contribution >= 0.6 is 0 Å². The Morgan fingerprint density at radius 3 is 2.58 bits per heavy atom. The van der Waals surface area contributed by atoms with Crippen LogP contribution in [-0.2, 0) is 34.2 Å². The number of aliphatic hydroxyl groups is 1. The molecule has 4 rings (SSSR count). The van der Waals surface area contributed by atoms with Crippen molar-refractivity contribution in [3.05, 3.63) is 24.2 Å². The fraction of sp³-hybridized carbons (Fsp3) is 0.667. The zero-order chi connectivity index (χ0) is 31.3. The molecule has 234 valence electrons. The van der Waals surface area contributed by atoms with Crippen LogP contribution in [-0.4, -0.2) is 68.5 Å². The minimum absolute atomic E-state index is 0.118. The lowest BCUT2D eigenvalue weighted by atomic mass is 9.92. The fourth-order valence-electron chi connectivity index (χ4n) is 5.80. The van der Waals surface area contributed by atoms with Crippen molar-refractivity contribution in [3.63, 3.8) is 0 Å². The summed E-state index contributed by atoms with van der Waals surface area (Å²) in [6.45, 7) is 7.00. The third-order valence-corrected chi connectivity index (χ3v) is 8.61. The van der Waals surface area contributed by atoms with E-state index in [0.29, 0.717) is 18.4 Å². The van der Waals surface area contributed by atoms with Crippen molar-refractivity contribution in [2.45, 2.75) is 103 Å². The molecule has 1 saturated carbocycles. The molecule has 1 aliphatic heterocycles. The van der Waals surface area contributed by atoms with E-state index in [0.717, 1.165) is 25.7 Å². The molecular weight excluding hydrogens is 556 g/mol. The van der Waals surface area contributed by atoms with E-state index in [2.05, 4.69) is 15.4 Å². The largest absolute Gasteiger partial charge is 0.463 e. The molecule has 2 aromatic heterocycles. The Kier molecular flexibility index (Phi) is 10.4. The molecular formula is C30H42N6O7. The fourth-order valence-corrected chi connectivity index (χ4v) is 5.80. The SMILES string of the molecule is CCC(CC)C(=O)Nc1ncnn2c([C@]3(C#N)O[C@H](COC(=O)CC4CCCC4)[C@@H](OC(=O)[C@@H](N)C(C)C)[C@H]3O)ccc12. The first kappa shape index (κ1) is 32.3. The predicted octanol–water partition coefficient (Wildman–Crippen LogP) is 2.60. The van der Waals surface area contributed by atoms with Crippen molar-refractivity contribution < 1.29 is 33.7 Å². The number of rotatable bonds is 12. The van der Waals surface area contributed by atoms with Gasteiger partial charge in [0.05, 0.1) is 5.69 Å². The Hall–Kier alpha value is -3.60. The van der Waals surface area contributed by atoms with E-state index in [1.165, 1.54) is 16.9 Å². The molecule has 2 aromatic rings. The summed E-state index contributed by atoms with van der Waals surface area (Å²) in [4.78, 5) is 42.5. The molecule has 0 bridgehead atoms. The van der Waals surface area contributed by atoms with Gasteiger partial charge in [0.2, 0.25) is 11.5 Å². The van der Waals surface area contributed by atoms with Gasteiger partial charge in [-0.1, -0.05) is 40.5 Å². The molecule has 5 atom stereocenters. The van der Waals surface area contributed by atoms with Gasteiger partial charge in [0, 0.05) is 12.3 Å². The molecule has 1 amide bonds. The van der Waals surface area contributed by atoms with E-state index in [1.54, 1.807) is 19.9 Å². The number of carbonyl (C=O) groups is 3. The molecule has 0 unspecified atom stereocenters. The van der Waals surface area contributed by atoms with Crippen LogP contribution in [0.25, 0.3) is 5.52 Å². The number of amides is 1. The summed E-state index contributed by atoms with van der Waals surface area (Å²) in [5, 5.41) is 29.1. The maximum Gasteiger partial charge on any atom is 0.323 e. The minimum Gasteiger partial charge on any atom is -0.463 e. The number of nitrogens with two attached hydrogens (primary N) is 1. The molecule has 0 radical (unpaired) electrons. The summed E-state index contributed by atoms with van der Waals surface area (Å²) in [5.74, 6) is -1.40. The molecule has 1 saturated heterocycles. The summed E-state index contributed by atoms with van der Waals surface area (Å²) in [7, 11) is 0. The second-order valence-electron chi connectivity index (χ2n) is 11.8. The quantitative estimate of drug-likeness (QED) is 0.304. The van der Waals surface area contributed by atoms with Gasteiger partial charge in [0.1, 0.15) is 42.8 Å². The van der Waals surface area contributed by atoms with Gasteiger partial charge in [-0.15, -0.1) is 0 Å². The first-order valence-corrected chi connectivity index (χ1v) is 15.1. The molecule has 2 fully saturated rings. The molecule has 0 spiro atoms. The summed E-state index contributed by atoms with van der Waals surface area (Å²) in [6, 6.07) is 4.18. The van der Waals surface area contributed by atoms with Gasteiger partial charge >= 0.3 is 11.9 Å². The van der Waals surface area contributed by atoms with E-state index in [4.69, 9.17) is 19.9 Å². The third kappa shape index (κ3) is 6.66. The second-order valence-corrected chi connectivity index (χ2v) is 11.8. The van der Waals surface area contributed by atoms with Crippen molar-refractivity contribution in [1.82, 2.24) is 14.6 Å². The molecule has 3 heterocycles. The molecule has 43 heavy (non-hydrogen) atoms. The monoisotopic (exact) mass is 598 g/mol. The first-order valence-electron chi connectivity index (χ1n) is 15.1. The number of nitrogens with one attached hydrogen (secondary N) is 1. The number of aromatic nitrogens is 3. The summed E-state index contributed by atoms with van der Waals surface area (Å²) in [6.07, 6.45) is 2.60. The van der Waals surface area contributed by atoms with E-state index in [-0.39, 0.29) is 48.2 Å². The Balaban J connectivity index is 1.64. The van der Waals surface area contributed by atoms with Crippen molar-refractivity contribution >= 4 is 29.2 Å².